The molecule has 0 aliphatic carbocycles. The van der Waals surface area contributed by atoms with Crippen molar-refractivity contribution in [2.75, 3.05) is 13.1 Å². The normalized spacial score (nSPS) is 10.3. The van der Waals surface area contributed by atoms with Crippen LogP contribution in [0.2, 0.25) is 0 Å². The molecule has 3 heteroatoms. The first-order valence-corrected chi connectivity index (χ1v) is 11.0. The maximum atomic E-state index is 12.6. The largest absolute Gasteiger partial charge is 0.508 e. The number of ketones is 1. The second-order valence-corrected chi connectivity index (χ2v) is 7.74. The maximum absolute atomic E-state index is 12.6. The van der Waals surface area contributed by atoms with Crippen molar-refractivity contribution in [3.63, 3.8) is 0 Å². The van der Waals surface area contributed by atoms with Crippen molar-refractivity contribution in [1.82, 2.24) is 5.32 Å². The van der Waals surface area contributed by atoms with Crippen LogP contribution in [0.3, 0.4) is 0 Å². The number of carbonyl (C=O) groups is 1. The first kappa shape index (κ1) is 22.1. The molecule has 0 aliphatic rings. The van der Waals surface area contributed by atoms with E-state index in [1.54, 1.807) is 12.1 Å². The van der Waals surface area contributed by atoms with Gasteiger partial charge in [0.1, 0.15) is 5.75 Å². The minimum atomic E-state index is 0.0319. The van der Waals surface area contributed by atoms with Crippen LogP contribution < -0.4 is 5.32 Å². The summed E-state index contributed by atoms with van der Waals surface area (Å²) >= 11 is 0. The lowest BCUT2D eigenvalue weighted by atomic mass is 9.99. The van der Waals surface area contributed by atoms with Crippen LogP contribution in [0, 0.1) is 11.8 Å². The Balaban J connectivity index is 1.28. The minimum Gasteiger partial charge on any atom is -0.508 e. The lowest BCUT2D eigenvalue weighted by Crippen LogP contribution is -2.17. The van der Waals surface area contributed by atoms with Gasteiger partial charge in [-0.15, -0.1) is 0 Å². The molecule has 2 N–H and O–H groups in total. The predicted octanol–water partition coefficient (Wildman–Crippen LogP) is 5.47. The lowest BCUT2D eigenvalue weighted by molar-refractivity contribution is 0.103. The Kier molecular flexibility index (Phi) is 7.33. The number of benzene rings is 4. The Bertz CT molecular complexity index is 1250. The molecule has 162 valence electrons. The van der Waals surface area contributed by atoms with Crippen molar-refractivity contribution in [1.29, 1.82) is 0 Å². The molecule has 0 aromatic heterocycles. The standard InChI is InChI=1S/C30H25NO2/c32-29-18-10-24(11-19-29)20-22-31-21-4-5-23-8-12-25(13-9-23)26-14-16-28(17-15-26)30(33)27-6-2-1-3-7-27/h1-3,6-19,31-32H,20-22H2. The minimum absolute atomic E-state index is 0.0319. The van der Waals surface area contributed by atoms with Crippen LogP contribution in [0.25, 0.3) is 11.1 Å². The number of aromatic hydroxyl groups is 1. The van der Waals surface area contributed by atoms with Crippen LogP contribution in [-0.2, 0) is 6.42 Å². The predicted molar refractivity (Wildman–Crippen MR) is 133 cm³/mol. The van der Waals surface area contributed by atoms with E-state index >= 15 is 0 Å². The first-order chi connectivity index (χ1) is 16.2. The molecule has 0 spiro atoms. The number of carbonyl (C=O) groups excluding carboxylic acids is 1. The summed E-state index contributed by atoms with van der Waals surface area (Å²) in [6, 6.07) is 32.4. The van der Waals surface area contributed by atoms with Gasteiger partial charge in [-0.3, -0.25) is 4.79 Å². The van der Waals surface area contributed by atoms with Gasteiger partial charge in [0.25, 0.3) is 0 Å². The van der Waals surface area contributed by atoms with Gasteiger partial charge in [0.15, 0.2) is 5.78 Å². The SMILES string of the molecule is O=C(c1ccccc1)c1ccc(-c2ccc(C#CCNCCc3ccc(O)cc3)cc2)cc1. The summed E-state index contributed by atoms with van der Waals surface area (Å²) in [4.78, 5) is 12.6. The van der Waals surface area contributed by atoms with Crippen LogP contribution in [0.1, 0.15) is 27.0 Å². The molecule has 0 fully saturated rings. The van der Waals surface area contributed by atoms with Crippen molar-refractivity contribution in [3.8, 4) is 28.7 Å². The van der Waals surface area contributed by atoms with E-state index in [1.807, 2.05) is 78.9 Å². The Labute approximate surface area is 194 Å². The third-order valence-corrected chi connectivity index (χ3v) is 5.37. The summed E-state index contributed by atoms with van der Waals surface area (Å²) in [7, 11) is 0. The van der Waals surface area contributed by atoms with Gasteiger partial charge in [-0.25, -0.2) is 0 Å². The molecule has 4 aromatic rings. The fraction of sp³-hybridized carbons (Fsp3) is 0.100. The van der Waals surface area contributed by atoms with Gasteiger partial charge in [0.2, 0.25) is 0 Å². The third-order valence-electron chi connectivity index (χ3n) is 5.37. The van der Waals surface area contributed by atoms with E-state index in [2.05, 4.69) is 29.3 Å². The maximum Gasteiger partial charge on any atom is 0.193 e. The molecule has 0 amide bonds. The fourth-order valence-corrected chi connectivity index (χ4v) is 3.51. The zero-order valence-corrected chi connectivity index (χ0v) is 18.3. The zero-order chi connectivity index (χ0) is 22.9. The van der Waals surface area contributed by atoms with E-state index in [0.29, 0.717) is 23.4 Å². The zero-order valence-electron chi connectivity index (χ0n) is 18.3. The molecule has 0 unspecified atom stereocenters. The van der Waals surface area contributed by atoms with Crippen molar-refractivity contribution in [2.45, 2.75) is 6.42 Å². The summed E-state index contributed by atoms with van der Waals surface area (Å²) in [5.74, 6) is 6.66. The highest BCUT2D eigenvalue weighted by Crippen LogP contribution is 2.21. The van der Waals surface area contributed by atoms with Crippen LogP contribution in [0.15, 0.2) is 103 Å². The summed E-state index contributed by atoms with van der Waals surface area (Å²) in [5, 5.41) is 12.6. The Morgan fingerprint density at radius 1 is 0.727 bits per heavy atom. The quantitative estimate of drug-likeness (QED) is 0.232. The molecule has 0 heterocycles. The number of phenols is 1. The van der Waals surface area contributed by atoms with Gasteiger partial charge in [0.05, 0.1) is 6.54 Å². The van der Waals surface area contributed by atoms with E-state index in [0.717, 1.165) is 29.7 Å². The van der Waals surface area contributed by atoms with Gasteiger partial charge < -0.3 is 10.4 Å². The van der Waals surface area contributed by atoms with Gasteiger partial charge in [-0.1, -0.05) is 90.7 Å². The van der Waals surface area contributed by atoms with Crippen molar-refractivity contribution in [2.24, 2.45) is 0 Å². The summed E-state index contributed by atoms with van der Waals surface area (Å²) in [6.45, 7) is 1.46. The lowest BCUT2D eigenvalue weighted by Gasteiger charge is -2.05. The van der Waals surface area contributed by atoms with Gasteiger partial charge in [-0.05, 0) is 47.4 Å². The highest BCUT2D eigenvalue weighted by molar-refractivity contribution is 6.09. The molecular formula is C30H25NO2. The molecule has 0 saturated carbocycles. The molecule has 0 bridgehead atoms. The van der Waals surface area contributed by atoms with Crippen molar-refractivity contribution < 1.29 is 9.90 Å². The fourth-order valence-electron chi connectivity index (χ4n) is 3.51. The number of rotatable bonds is 7. The van der Waals surface area contributed by atoms with E-state index in [-0.39, 0.29) is 5.78 Å². The van der Waals surface area contributed by atoms with Gasteiger partial charge >= 0.3 is 0 Å². The second-order valence-electron chi connectivity index (χ2n) is 7.74. The molecule has 0 aliphatic heterocycles. The average Bonchev–Trinajstić information content (AvgIpc) is 2.88. The summed E-state index contributed by atoms with van der Waals surface area (Å²) < 4.78 is 0. The van der Waals surface area contributed by atoms with Gasteiger partial charge in [-0.2, -0.15) is 0 Å². The number of hydrogen-bond donors (Lipinski definition) is 2. The first-order valence-electron chi connectivity index (χ1n) is 11.0. The molecule has 4 aromatic carbocycles. The highest BCUT2D eigenvalue weighted by atomic mass is 16.3. The molecule has 4 rings (SSSR count). The van der Waals surface area contributed by atoms with Crippen LogP contribution in [0.4, 0.5) is 0 Å². The van der Waals surface area contributed by atoms with Crippen LogP contribution >= 0.6 is 0 Å². The summed E-state index contributed by atoms with van der Waals surface area (Å²) in [5.41, 5.74) is 5.69. The van der Waals surface area contributed by atoms with Crippen LogP contribution in [0.5, 0.6) is 5.75 Å². The smallest absolute Gasteiger partial charge is 0.193 e. The third kappa shape index (κ3) is 6.20. The molecule has 3 nitrogen and oxygen atoms in total. The van der Waals surface area contributed by atoms with Crippen LogP contribution in [-0.4, -0.2) is 24.0 Å². The average molecular weight is 432 g/mol. The van der Waals surface area contributed by atoms with E-state index in [9.17, 15) is 9.90 Å². The highest BCUT2D eigenvalue weighted by Gasteiger charge is 2.08. The number of nitrogens with one attached hydrogen (secondary N) is 1. The summed E-state index contributed by atoms with van der Waals surface area (Å²) in [6.07, 6.45) is 0.895. The Morgan fingerprint density at radius 3 is 2.00 bits per heavy atom. The molecular weight excluding hydrogens is 406 g/mol. The molecule has 0 radical (unpaired) electrons. The van der Waals surface area contributed by atoms with Crippen molar-refractivity contribution in [3.05, 3.63) is 125 Å². The Hall–Kier alpha value is -4.13. The topological polar surface area (TPSA) is 49.3 Å². The molecule has 0 saturated heterocycles. The van der Waals surface area contributed by atoms with E-state index in [1.165, 1.54) is 5.56 Å². The number of hydrogen-bond acceptors (Lipinski definition) is 3. The molecule has 0 atom stereocenters. The van der Waals surface area contributed by atoms with E-state index < -0.39 is 0 Å². The van der Waals surface area contributed by atoms with Crippen molar-refractivity contribution >= 4 is 5.78 Å². The Morgan fingerprint density at radius 2 is 1.33 bits per heavy atom. The second kappa shape index (κ2) is 10.9. The van der Waals surface area contributed by atoms with E-state index in [4.69, 9.17) is 0 Å². The number of phenolic OH excluding ortho intramolecular Hbond substituents is 1. The van der Waals surface area contributed by atoms with Gasteiger partial charge in [0, 0.05) is 23.2 Å². The molecule has 33 heavy (non-hydrogen) atoms. The monoisotopic (exact) mass is 431 g/mol.